The number of allylic oxidation sites excluding steroid dienone is 2. The average Bonchev–Trinajstić information content (AvgIpc) is 2.33. The lowest BCUT2D eigenvalue weighted by molar-refractivity contribution is -0.336. The van der Waals surface area contributed by atoms with E-state index in [1.54, 1.807) is 19.2 Å². The van der Waals surface area contributed by atoms with Crippen LogP contribution in [0.25, 0.3) is 0 Å². The van der Waals surface area contributed by atoms with Gasteiger partial charge in [0.05, 0.1) is 6.54 Å². The van der Waals surface area contributed by atoms with Crippen LogP contribution < -0.4 is 5.32 Å². The van der Waals surface area contributed by atoms with Crippen LogP contribution >= 0.6 is 0 Å². The molecule has 1 rings (SSSR count). The molecule has 0 spiro atoms. The van der Waals surface area contributed by atoms with Gasteiger partial charge in [0, 0.05) is 18.2 Å². The summed E-state index contributed by atoms with van der Waals surface area (Å²) in [5, 5.41) is 1.80. The molecule has 0 aromatic rings. The highest BCUT2D eigenvalue weighted by molar-refractivity contribution is 5.91. The van der Waals surface area contributed by atoms with Crippen molar-refractivity contribution >= 4 is 5.78 Å². The fraction of sp³-hybridized carbons (Fsp3) is 0.769. The van der Waals surface area contributed by atoms with Gasteiger partial charge in [-0.3, -0.25) is 4.79 Å². The van der Waals surface area contributed by atoms with Gasteiger partial charge in [0.15, 0.2) is 5.78 Å². The summed E-state index contributed by atoms with van der Waals surface area (Å²) in [5.74, 6) is -18.3. The van der Waals surface area contributed by atoms with Gasteiger partial charge in [0.2, 0.25) is 0 Å². The Morgan fingerprint density at radius 2 is 1.65 bits per heavy atom. The molecule has 0 atom stereocenters. The highest BCUT2D eigenvalue weighted by Crippen LogP contribution is 2.48. The number of carbonyl (C=O) groups is 1. The average molecular weight is 353 g/mol. The first-order chi connectivity index (χ1) is 10.1. The zero-order valence-electron chi connectivity index (χ0n) is 12.2. The predicted molar refractivity (Wildman–Crippen MR) is 65.0 cm³/mol. The number of ketones is 1. The molecule has 23 heavy (non-hydrogen) atoms. The maximum absolute atomic E-state index is 13.4. The third-order valence-corrected chi connectivity index (χ3v) is 3.35. The Labute approximate surface area is 126 Å². The first-order valence-corrected chi connectivity index (χ1v) is 6.51. The monoisotopic (exact) mass is 353 g/mol. The maximum Gasteiger partial charge on any atom is 0.379 e. The van der Waals surface area contributed by atoms with E-state index in [9.17, 15) is 39.9 Å². The van der Waals surface area contributed by atoms with Crippen molar-refractivity contribution in [1.29, 1.82) is 0 Å². The minimum Gasteiger partial charge on any atom is -0.382 e. The fourth-order valence-electron chi connectivity index (χ4n) is 2.18. The van der Waals surface area contributed by atoms with Crippen LogP contribution in [0.4, 0.5) is 35.1 Å². The molecule has 1 N–H and O–H groups in total. The molecule has 1 aliphatic carbocycles. The van der Waals surface area contributed by atoms with E-state index in [4.69, 9.17) is 0 Å². The first-order valence-electron chi connectivity index (χ1n) is 6.51. The van der Waals surface area contributed by atoms with Gasteiger partial charge in [-0.15, -0.1) is 0 Å². The topological polar surface area (TPSA) is 29.1 Å². The summed E-state index contributed by atoms with van der Waals surface area (Å²) in [7, 11) is 0. The predicted octanol–water partition coefficient (Wildman–Crippen LogP) is 4.02. The van der Waals surface area contributed by atoms with Crippen LogP contribution in [-0.4, -0.2) is 36.5 Å². The molecule has 0 saturated carbocycles. The summed E-state index contributed by atoms with van der Waals surface area (Å²) < 4.78 is 102. The van der Waals surface area contributed by atoms with Crippen LogP contribution in [0.3, 0.4) is 0 Å². The quantitative estimate of drug-likeness (QED) is 0.731. The molecule has 0 aromatic heterocycles. The summed E-state index contributed by atoms with van der Waals surface area (Å²) in [6, 6.07) is 0. The lowest BCUT2D eigenvalue weighted by atomic mass is 9.79. The second-order valence-corrected chi connectivity index (χ2v) is 6.21. The molecule has 0 aliphatic heterocycles. The molecule has 1 aliphatic rings. The third-order valence-electron chi connectivity index (χ3n) is 3.35. The Hall–Kier alpha value is -1.35. The Balaban J connectivity index is 2.89. The number of hydrogen-bond acceptors (Lipinski definition) is 2. The molecule has 0 unspecified atom stereocenters. The Kier molecular flexibility index (Phi) is 5.08. The van der Waals surface area contributed by atoms with Crippen LogP contribution in [0.2, 0.25) is 0 Å². The van der Waals surface area contributed by atoms with Gasteiger partial charge in [-0.1, -0.05) is 13.8 Å². The van der Waals surface area contributed by atoms with Gasteiger partial charge in [-0.25, -0.2) is 8.78 Å². The molecule has 134 valence electrons. The van der Waals surface area contributed by atoms with Gasteiger partial charge in [0.1, 0.15) is 0 Å². The summed E-state index contributed by atoms with van der Waals surface area (Å²) in [5.41, 5.74) is -0.763. The van der Waals surface area contributed by atoms with Crippen LogP contribution in [0.15, 0.2) is 11.8 Å². The van der Waals surface area contributed by atoms with E-state index in [2.05, 4.69) is 0 Å². The van der Waals surface area contributed by atoms with E-state index in [-0.39, 0.29) is 18.5 Å². The summed E-state index contributed by atoms with van der Waals surface area (Å²) in [6.45, 7) is 1.24. The van der Waals surface area contributed by atoms with Gasteiger partial charge >= 0.3 is 24.2 Å². The molecular weight excluding hydrogens is 338 g/mol. The van der Waals surface area contributed by atoms with Gasteiger partial charge in [-0.2, -0.15) is 26.3 Å². The number of alkyl halides is 8. The third kappa shape index (κ3) is 3.95. The second-order valence-electron chi connectivity index (χ2n) is 6.21. The second kappa shape index (κ2) is 5.94. The highest BCUT2D eigenvalue weighted by atomic mass is 19.4. The summed E-state index contributed by atoms with van der Waals surface area (Å²) >= 11 is 0. The summed E-state index contributed by atoms with van der Waals surface area (Å²) in [4.78, 5) is 11.4. The van der Waals surface area contributed by atoms with Gasteiger partial charge in [-0.05, 0) is 11.8 Å². The van der Waals surface area contributed by atoms with Crippen molar-refractivity contribution in [2.45, 2.75) is 50.9 Å². The number of halogens is 8. The van der Waals surface area contributed by atoms with E-state index < -0.39 is 41.9 Å². The number of rotatable bonds is 6. The molecule has 0 bridgehead atoms. The van der Waals surface area contributed by atoms with E-state index >= 15 is 0 Å². The summed E-state index contributed by atoms with van der Waals surface area (Å²) in [6.07, 6.45) is -3.89. The first kappa shape index (κ1) is 19.7. The molecule has 0 saturated heterocycles. The van der Waals surface area contributed by atoms with Crippen LogP contribution in [0, 0.1) is 5.41 Å². The van der Waals surface area contributed by atoms with E-state index in [0.29, 0.717) is 0 Å². The van der Waals surface area contributed by atoms with Crippen molar-refractivity contribution in [3.05, 3.63) is 11.8 Å². The van der Waals surface area contributed by atoms with Crippen molar-refractivity contribution in [3.8, 4) is 0 Å². The number of hydrogen-bond donors (Lipinski definition) is 1. The Bertz CT molecular complexity index is 498. The molecule has 0 aromatic carbocycles. The van der Waals surface area contributed by atoms with Gasteiger partial charge in [0.25, 0.3) is 0 Å². The molecule has 2 nitrogen and oxygen atoms in total. The van der Waals surface area contributed by atoms with Gasteiger partial charge < -0.3 is 5.32 Å². The van der Waals surface area contributed by atoms with Crippen molar-refractivity contribution in [2.24, 2.45) is 5.41 Å². The smallest absolute Gasteiger partial charge is 0.379 e. The molecule has 0 fully saturated rings. The SMILES string of the molecule is CC1(C)CC(=O)C=C(NCC(F)(F)C(F)(F)C(F)(F)C(F)F)C1. The Morgan fingerprint density at radius 3 is 2.09 bits per heavy atom. The van der Waals surface area contributed by atoms with Crippen molar-refractivity contribution in [1.82, 2.24) is 5.32 Å². The number of nitrogens with one attached hydrogen (secondary N) is 1. The maximum atomic E-state index is 13.4. The minimum atomic E-state index is -6.25. The molecule has 0 radical (unpaired) electrons. The van der Waals surface area contributed by atoms with E-state index in [1.165, 1.54) is 0 Å². The normalized spacial score (nSPS) is 19.8. The minimum absolute atomic E-state index is 0.0473. The lowest BCUT2D eigenvalue weighted by Gasteiger charge is -2.34. The molecule has 10 heteroatoms. The molecular formula is C13H15F8NO. The van der Waals surface area contributed by atoms with Crippen molar-refractivity contribution in [2.75, 3.05) is 6.54 Å². The van der Waals surface area contributed by atoms with Crippen LogP contribution in [0.5, 0.6) is 0 Å². The van der Waals surface area contributed by atoms with E-state index in [1.807, 2.05) is 0 Å². The standard InChI is InChI=1S/C13H15F8NO/c1-10(2)4-7(3-8(23)5-10)22-6-11(16,17)13(20,21)12(18,19)9(14)15/h3,9,22H,4-6H2,1-2H3. The van der Waals surface area contributed by atoms with Crippen molar-refractivity contribution in [3.63, 3.8) is 0 Å². The highest BCUT2D eigenvalue weighted by Gasteiger charge is 2.75. The molecule has 0 amide bonds. The largest absolute Gasteiger partial charge is 0.382 e. The fourth-order valence-corrected chi connectivity index (χ4v) is 2.18. The van der Waals surface area contributed by atoms with Crippen LogP contribution in [0.1, 0.15) is 26.7 Å². The molecule has 0 heterocycles. The lowest BCUT2D eigenvalue weighted by Crippen LogP contribution is -2.60. The zero-order chi connectivity index (χ0) is 18.3. The van der Waals surface area contributed by atoms with E-state index in [0.717, 1.165) is 6.08 Å². The zero-order valence-corrected chi connectivity index (χ0v) is 12.2. The number of carbonyl (C=O) groups excluding carboxylic acids is 1. The van der Waals surface area contributed by atoms with Crippen molar-refractivity contribution < 1.29 is 39.9 Å². The Morgan fingerprint density at radius 1 is 1.13 bits per heavy atom. The van der Waals surface area contributed by atoms with Crippen LogP contribution in [-0.2, 0) is 4.79 Å².